The van der Waals surface area contributed by atoms with Gasteiger partial charge >= 0.3 is 0 Å². The minimum atomic E-state index is -3.79. The van der Waals surface area contributed by atoms with Crippen molar-refractivity contribution in [3.63, 3.8) is 0 Å². The zero-order valence-electron chi connectivity index (χ0n) is 11.4. The molecule has 0 unspecified atom stereocenters. The van der Waals surface area contributed by atoms with E-state index in [0.29, 0.717) is 15.7 Å². The van der Waals surface area contributed by atoms with E-state index >= 15 is 0 Å². The van der Waals surface area contributed by atoms with Crippen LogP contribution in [0.15, 0.2) is 47.4 Å². The van der Waals surface area contributed by atoms with Crippen LogP contribution in [0.5, 0.6) is 5.75 Å². The number of anilines is 1. The van der Waals surface area contributed by atoms with Gasteiger partial charge in [-0.25, -0.2) is 8.42 Å². The summed E-state index contributed by atoms with van der Waals surface area (Å²) in [6.45, 7) is 0. The Morgan fingerprint density at radius 3 is 2.14 bits per heavy atom. The molecule has 4 nitrogen and oxygen atoms in total. The maximum Gasteiger partial charge on any atom is 0.267 e. The molecule has 0 radical (unpaired) electrons. The van der Waals surface area contributed by atoms with Crippen LogP contribution < -0.4 is 9.04 Å². The second-order valence-electron chi connectivity index (χ2n) is 4.24. The lowest BCUT2D eigenvalue weighted by molar-refractivity contribution is 0.402. The molecule has 0 aliphatic carbocycles. The Labute approximate surface area is 133 Å². The van der Waals surface area contributed by atoms with E-state index in [4.69, 9.17) is 27.9 Å². The van der Waals surface area contributed by atoms with Crippen LogP contribution in [0.4, 0.5) is 5.69 Å². The van der Waals surface area contributed by atoms with Crippen molar-refractivity contribution in [1.82, 2.24) is 0 Å². The molecule has 2 rings (SSSR count). The van der Waals surface area contributed by atoms with Crippen LogP contribution in [0, 0.1) is 0 Å². The van der Waals surface area contributed by atoms with Crippen LogP contribution in [0.3, 0.4) is 0 Å². The fourth-order valence-corrected chi connectivity index (χ4v) is 3.53. The largest absolute Gasteiger partial charge is 0.495 e. The second kappa shape index (κ2) is 6.13. The van der Waals surface area contributed by atoms with Crippen LogP contribution in [0.2, 0.25) is 10.0 Å². The summed E-state index contributed by atoms with van der Waals surface area (Å²) in [4.78, 5) is 0.00921. The molecule has 21 heavy (non-hydrogen) atoms. The van der Waals surface area contributed by atoms with Crippen LogP contribution in [0.1, 0.15) is 0 Å². The monoisotopic (exact) mass is 345 g/mol. The third kappa shape index (κ3) is 3.26. The first-order valence-electron chi connectivity index (χ1n) is 5.94. The Bertz CT molecular complexity index is 745. The molecule has 112 valence electrons. The zero-order valence-corrected chi connectivity index (χ0v) is 13.7. The molecule has 7 heteroatoms. The molecule has 0 aromatic heterocycles. The predicted molar refractivity (Wildman–Crippen MR) is 85.0 cm³/mol. The lowest BCUT2D eigenvalue weighted by Crippen LogP contribution is -2.26. The molecule has 0 fully saturated rings. The Kier molecular flexibility index (Phi) is 4.66. The van der Waals surface area contributed by atoms with Gasteiger partial charge in [0.15, 0.2) is 0 Å². The van der Waals surface area contributed by atoms with Gasteiger partial charge in [0.2, 0.25) is 0 Å². The summed E-state index contributed by atoms with van der Waals surface area (Å²) in [5, 5.41) is 0.851. The first-order chi connectivity index (χ1) is 9.86. The maximum absolute atomic E-state index is 12.7. The standard InChI is InChI=1S/C14H13Cl2NO3S/c1-17(12-6-3-10(15)4-7-12)21(18,19)14-9-11(16)5-8-13(14)20-2/h3-9H,1-2H3. The molecular formula is C14H13Cl2NO3S. The molecule has 0 atom stereocenters. The van der Waals surface area contributed by atoms with Crippen molar-refractivity contribution in [2.24, 2.45) is 0 Å². The fraction of sp³-hybridized carbons (Fsp3) is 0.143. The molecule has 0 spiro atoms. The summed E-state index contributed by atoms with van der Waals surface area (Å²) in [5.74, 6) is 0.236. The normalized spacial score (nSPS) is 11.2. The van der Waals surface area contributed by atoms with Crippen molar-refractivity contribution in [2.45, 2.75) is 4.90 Å². The lowest BCUT2D eigenvalue weighted by atomic mass is 10.3. The van der Waals surface area contributed by atoms with Crippen LogP contribution in [0.25, 0.3) is 0 Å². The Hall–Kier alpha value is -1.43. The third-order valence-electron chi connectivity index (χ3n) is 2.95. The van der Waals surface area contributed by atoms with Gasteiger partial charge in [-0.2, -0.15) is 0 Å². The van der Waals surface area contributed by atoms with Crippen LogP contribution >= 0.6 is 23.2 Å². The van der Waals surface area contributed by atoms with Crippen molar-refractivity contribution in [2.75, 3.05) is 18.5 Å². The first-order valence-corrected chi connectivity index (χ1v) is 8.14. The second-order valence-corrected chi connectivity index (χ2v) is 7.05. The highest BCUT2D eigenvalue weighted by Gasteiger charge is 2.25. The van der Waals surface area contributed by atoms with E-state index in [0.717, 1.165) is 4.31 Å². The third-order valence-corrected chi connectivity index (χ3v) is 5.25. The number of benzene rings is 2. The quantitative estimate of drug-likeness (QED) is 0.845. The summed E-state index contributed by atoms with van der Waals surface area (Å²) in [6.07, 6.45) is 0. The Morgan fingerprint density at radius 1 is 1.00 bits per heavy atom. The highest BCUT2D eigenvalue weighted by molar-refractivity contribution is 7.93. The number of nitrogens with zero attached hydrogens (tertiary/aromatic N) is 1. The van der Waals surface area contributed by atoms with Gasteiger partial charge in [0.1, 0.15) is 10.6 Å². The average molecular weight is 346 g/mol. The summed E-state index contributed by atoms with van der Waals surface area (Å²) in [5.41, 5.74) is 0.487. The number of ether oxygens (including phenoxy) is 1. The molecule has 0 heterocycles. The number of hydrogen-bond donors (Lipinski definition) is 0. The highest BCUT2D eigenvalue weighted by Crippen LogP contribution is 2.31. The molecule has 0 saturated carbocycles. The topological polar surface area (TPSA) is 46.6 Å². The van der Waals surface area contributed by atoms with Gasteiger partial charge in [0.05, 0.1) is 12.8 Å². The predicted octanol–water partition coefficient (Wildman–Crippen LogP) is 3.83. The van der Waals surface area contributed by atoms with Gasteiger partial charge < -0.3 is 4.74 Å². The average Bonchev–Trinajstić information content (AvgIpc) is 2.47. The summed E-state index contributed by atoms with van der Waals surface area (Å²) < 4.78 is 31.7. The lowest BCUT2D eigenvalue weighted by Gasteiger charge is -2.21. The SMILES string of the molecule is COc1ccc(Cl)cc1S(=O)(=O)N(C)c1ccc(Cl)cc1. The summed E-state index contributed by atoms with van der Waals surface area (Å²) >= 11 is 11.7. The maximum atomic E-state index is 12.7. The van der Waals surface area contributed by atoms with E-state index in [2.05, 4.69) is 0 Å². The van der Waals surface area contributed by atoms with E-state index in [1.165, 1.54) is 26.3 Å². The number of rotatable bonds is 4. The van der Waals surface area contributed by atoms with Crippen molar-refractivity contribution >= 4 is 38.9 Å². The molecule has 0 aliphatic rings. The van der Waals surface area contributed by atoms with Gasteiger partial charge in [-0.15, -0.1) is 0 Å². The number of methoxy groups -OCH3 is 1. The molecule has 0 N–H and O–H groups in total. The summed E-state index contributed by atoms with van der Waals surface area (Å²) in [6, 6.07) is 10.9. The molecule has 2 aromatic rings. The smallest absolute Gasteiger partial charge is 0.267 e. The van der Waals surface area contributed by atoms with Crippen molar-refractivity contribution in [1.29, 1.82) is 0 Å². The Balaban J connectivity index is 2.51. The molecule has 0 saturated heterocycles. The molecule has 0 amide bonds. The van der Waals surface area contributed by atoms with E-state index < -0.39 is 10.0 Å². The van der Waals surface area contributed by atoms with Crippen molar-refractivity contribution < 1.29 is 13.2 Å². The van der Waals surface area contributed by atoms with Crippen LogP contribution in [-0.4, -0.2) is 22.6 Å². The van der Waals surface area contributed by atoms with Gasteiger partial charge in [0, 0.05) is 17.1 Å². The minimum absolute atomic E-state index is 0.00921. The molecular weight excluding hydrogens is 333 g/mol. The molecule has 0 aliphatic heterocycles. The molecule has 0 bridgehead atoms. The highest BCUT2D eigenvalue weighted by atomic mass is 35.5. The van der Waals surface area contributed by atoms with Crippen molar-refractivity contribution in [3.05, 3.63) is 52.5 Å². The Morgan fingerprint density at radius 2 is 1.57 bits per heavy atom. The zero-order chi connectivity index (χ0) is 15.6. The van der Waals surface area contributed by atoms with Gasteiger partial charge in [-0.3, -0.25) is 4.31 Å². The first kappa shape index (κ1) is 15.9. The minimum Gasteiger partial charge on any atom is -0.495 e. The van der Waals surface area contributed by atoms with Gasteiger partial charge in [-0.1, -0.05) is 23.2 Å². The van der Waals surface area contributed by atoms with E-state index in [1.807, 2.05) is 0 Å². The van der Waals surface area contributed by atoms with Crippen molar-refractivity contribution in [3.8, 4) is 5.75 Å². The van der Waals surface area contributed by atoms with Gasteiger partial charge in [-0.05, 0) is 42.5 Å². The van der Waals surface area contributed by atoms with Gasteiger partial charge in [0.25, 0.3) is 10.0 Å². The fourth-order valence-electron chi connectivity index (χ4n) is 1.79. The number of halogens is 2. The van der Waals surface area contributed by atoms with Crippen LogP contribution in [-0.2, 0) is 10.0 Å². The number of hydrogen-bond acceptors (Lipinski definition) is 3. The van der Waals surface area contributed by atoms with E-state index in [9.17, 15) is 8.42 Å². The molecule has 2 aromatic carbocycles. The number of sulfonamides is 1. The van der Waals surface area contributed by atoms with E-state index in [1.54, 1.807) is 30.3 Å². The summed E-state index contributed by atoms with van der Waals surface area (Å²) in [7, 11) is -0.925. The van der Waals surface area contributed by atoms with E-state index in [-0.39, 0.29) is 10.6 Å².